The van der Waals surface area contributed by atoms with Crippen molar-refractivity contribution >= 4 is 34.7 Å². The number of aliphatic imine (C=N–C) groups is 1. The van der Waals surface area contributed by atoms with Crippen molar-refractivity contribution < 1.29 is 14.3 Å². The minimum Gasteiger partial charge on any atom is -0.497 e. The predicted molar refractivity (Wildman–Crippen MR) is 134 cm³/mol. The second-order valence-electron chi connectivity index (χ2n) is 8.14. The van der Waals surface area contributed by atoms with Crippen LogP contribution in [0.25, 0.3) is 0 Å². The van der Waals surface area contributed by atoms with Gasteiger partial charge in [-0.1, -0.05) is 37.6 Å². The maximum atomic E-state index is 13.2. The first-order valence-corrected chi connectivity index (χ1v) is 11.4. The Bertz CT molecular complexity index is 1200. The van der Waals surface area contributed by atoms with Crippen LogP contribution in [-0.2, 0) is 16.0 Å². The fourth-order valence-electron chi connectivity index (χ4n) is 3.84. The molecule has 0 bridgehead atoms. The molecule has 0 aliphatic carbocycles. The first-order chi connectivity index (χ1) is 16.6. The molecule has 1 N–H and O–H groups in total. The van der Waals surface area contributed by atoms with E-state index in [0.29, 0.717) is 28.7 Å². The Kier molecular flexibility index (Phi) is 7.32. The largest absolute Gasteiger partial charge is 0.497 e. The molecular formula is C27H28N4O3. The summed E-state index contributed by atoms with van der Waals surface area (Å²) >= 11 is 0. The fourth-order valence-corrected chi connectivity index (χ4v) is 3.84. The molecule has 2 amide bonds. The molecule has 0 atom stereocenters. The average Bonchev–Trinajstić information content (AvgIpc) is 3.00. The lowest BCUT2D eigenvalue weighted by Crippen LogP contribution is -2.39. The molecule has 3 aromatic rings. The van der Waals surface area contributed by atoms with Crippen molar-refractivity contribution in [3.05, 3.63) is 78.0 Å². The molecule has 7 heteroatoms. The van der Waals surface area contributed by atoms with Gasteiger partial charge in [-0.05, 0) is 54.8 Å². The molecule has 4 rings (SSSR count). The van der Waals surface area contributed by atoms with Gasteiger partial charge in [0.05, 0.1) is 19.2 Å². The number of hydrogen-bond acceptors (Lipinski definition) is 5. The number of unbranched alkanes of at least 4 members (excludes halogenated alkanes) is 1. The number of hydrogen-bond donors (Lipinski definition) is 1. The number of aromatic nitrogens is 1. The quantitative estimate of drug-likeness (QED) is 0.521. The number of nitrogens with one attached hydrogen (secondary N) is 1. The van der Waals surface area contributed by atoms with Crippen LogP contribution in [0.3, 0.4) is 0 Å². The molecule has 2 heterocycles. The lowest BCUT2D eigenvalue weighted by molar-refractivity contribution is -0.120. The Morgan fingerprint density at radius 2 is 1.94 bits per heavy atom. The highest BCUT2D eigenvalue weighted by atomic mass is 16.5. The first kappa shape index (κ1) is 23.2. The van der Waals surface area contributed by atoms with Crippen LogP contribution >= 0.6 is 0 Å². The highest BCUT2D eigenvalue weighted by Gasteiger charge is 2.28. The molecular weight excluding hydrogens is 428 g/mol. The third-order valence-corrected chi connectivity index (χ3v) is 5.66. The van der Waals surface area contributed by atoms with Gasteiger partial charge in [-0.3, -0.25) is 14.5 Å². The highest BCUT2D eigenvalue weighted by molar-refractivity contribution is 6.18. The summed E-state index contributed by atoms with van der Waals surface area (Å²) in [6.45, 7) is 2.01. The minimum atomic E-state index is -0.295. The van der Waals surface area contributed by atoms with Gasteiger partial charge in [0.1, 0.15) is 18.0 Å². The summed E-state index contributed by atoms with van der Waals surface area (Å²) in [4.78, 5) is 36.6. The number of carbonyl (C=O) groups is 2. The van der Waals surface area contributed by atoms with Gasteiger partial charge < -0.3 is 10.1 Å². The van der Waals surface area contributed by atoms with E-state index in [0.717, 1.165) is 24.8 Å². The third kappa shape index (κ3) is 5.49. The summed E-state index contributed by atoms with van der Waals surface area (Å²) in [5, 5.41) is 2.89. The molecule has 7 nitrogen and oxygen atoms in total. The van der Waals surface area contributed by atoms with Crippen LogP contribution < -0.4 is 15.0 Å². The number of rotatable bonds is 8. The van der Waals surface area contributed by atoms with E-state index in [1.807, 2.05) is 48.5 Å². The second kappa shape index (κ2) is 10.7. The monoisotopic (exact) mass is 456 g/mol. The molecule has 174 valence electrons. The number of fused-ring (bicyclic) bond motifs is 1. The third-order valence-electron chi connectivity index (χ3n) is 5.66. The van der Waals surface area contributed by atoms with Crippen molar-refractivity contribution in [2.45, 2.75) is 32.6 Å². The topological polar surface area (TPSA) is 83.9 Å². The van der Waals surface area contributed by atoms with E-state index in [2.05, 4.69) is 17.2 Å². The summed E-state index contributed by atoms with van der Waals surface area (Å²) in [6.07, 6.45) is 4.93. The Morgan fingerprint density at radius 1 is 1.12 bits per heavy atom. The van der Waals surface area contributed by atoms with Crippen LogP contribution in [0, 0.1) is 0 Å². The highest BCUT2D eigenvalue weighted by Crippen LogP contribution is 2.31. The van der Waals surface area contributed by atoms with E-state index in [4.69, 9.17) is 9.73 Å². The van der Waals surface area contributed by atoms with Gasteiger partial charge in [0, 0.05) is 17.4 Å². The van der Waals surface area contributed by atoms with Gasteiger partial charge in [0.25, 0.3) is 0 Å². The normalized spacial score (nSPS) is 13.1. The van der Waals surface area contributed by atoms with E-state index in [9.17, 15) is 9.59 Å². The predicted octanol–water partition coefficient (Wildman–Crippen LogP) is 4.93. The number of anilines is 2. The van der Waals surface area contributed by atoms with Crippen molar-refractivity contribution in [1.82, 2.24) is 4.98 Å². The number of aryl methyl sites for hydroxylation is 1. The van der Waals surface area contributed by atoms with E-state index in [1.54, 1.807) is 25.4 Å². The molecule has 0 fully saturated rings. The number of nitrogens with zero attached hydrogens (tertiary/aromatic N) is 3. The Hall–Kier alpha value is -4.00. The zero-order valence-electron chi connectivity index (χ0n) is 19.5. The van der Waals surface area contributed by atoms with Crippen LogP contribution in [-0.4, -0.2) is 36.2 Å². The van der Waals surface area contributed by atoms with Crippen molar-refractivity contribution in [2.24, 2.45) is 4.99 Å². The zero-order chi connectivity index (χ0) is 23.9. The molecule has 1 aromatic heterocycles. The second-order valence-corrected chi connectivity index (χ2v) is 8.14. The number of methoxy groups -OCH3 is 1. The molecule has 2 aromatic carbocycles. The molecule has 0 radical (unpaired) electrons. The Labute approximate surface area is 199 Å². The molecule has 0 unspecified atom stereocenters. The summed E-state index contributed by atoms with van der Waals surface area (Å²) < 4.78 is 5.31. The summed E-state index contributed by atoms with van der Waals surface area (Å²) in [5.74, 6) is 0.510. The zero-order valence-corrected chi connectivity index (χ0v) is 19.5. The van der Waals surface area contributed by atoms with Gasteiger partial charge >= 0.3 is 0 Å². The minimum absolute atomic E-state index is 0.0446. The standard InChI is InChI=1S/C27H28N4O3/c1-3-4-7-19-11-13-21(14-12-19)29-25(32)18-31-26(33)17-24(20-8-5-9-22(16-20)34-2)30-23-10-6-15-28-27(23)31/h5-6,8-16H,3-4,7,17-18H2,1-2H3,(H,29,32). The van der Waals surface area contributed by atoms with E-state index >= 15 is 0 Å². The van der Waals surface area contributed by atoms with Gasteiger partial charge in [0.15, 0.2) is 5.82 Å². The lowest BCUT2D eigenvalue weighted by atomic mass is 10.1. The lowest BCUT2D eigenvalue weighted by Gasteiger charge is -2.20. The van der Waals surface area contributed by atoms with E-state index in [1.165, 1.54) is 10.5 Å². The Balaban J connectivity index is 1.52. The SMILES string of the molecule is CCCCc1ccc(NC(=O)CN2C(=O)CC(c3cccc(OC)c3)=Nc3cccnc32)cc1. The molecule has 1 aliphatic rings. The van der Waals surface area contributed by atoms with Gasteiger partial charge in [0.2, 0.25) is 11.8 Å². The van der Waals surface area contributed by atoms with Crippen LogP contribution in [0.4, 0.5) is 17.2 Å². The molecule has 0 saturated carbocycles. The molecule has 0 spiro atoms. The number of pyridine rings is 1. The van der Waals surface area contributed by atoms with Crippen LogP contribution in [0.2, 0.25) is 0 Å². The van der Waals surface area contributed by atoms with Gasteiger partial charge in [-0.25, -0.2) is 9.98 Å². The summed E-state index contributed by atoms with van der Waals surface area (Å²) in [6, 6.07) is 18.8. The average molecular weight is 457 g/mol. The number of amides is 2. The molecule has 34 heavy (non-hydrogen) atoms. The van der Waals surface area contributed by atoms with E-state index < -0.39 is 0 Å². The van der Waals surface area contributed by atoms with Crippen molar-refractivity contribution in [2.75, 3.05) is 23.9 Å². The van der Waals surface area contributed by atoms with E-state index in [-0.39, 0.29) is 24.8 Å². The number of carbonyl (C=O) groups excluding carboxylic acids is 2. The van der Waals surface area contributed by atoms with Crippen molar-refractivity contribution in [3.8, 4) is 5.75 Å². The number of benzene rings is 2. The summed E-state index contributed by atoms with van der Waals surface area (Å²) in [5.41, 5.74) is 3.87. The van der Waals surface area contributed by atoms with Crippen molar-refractivity contribution in [3.63, 3.8) is 0 Å². The van der Waals surface area contributed by atoms with Crippen LogP contribution in [0.1, 0.15) is 37.3 Å². The maximum Gasteiger partial charge on any atom is 0.244 e. The summed E-state index contributed by atoms with van der Waals surface area (Å²) in [7, 11) is 1.59. The fraction of sp³-hybridized carbons (Fsp3) is 0.259. The molecule has 1 aliphatic heterocycles. The van der Waals surface area contributed by atoms with Gasteiger partial charge in [-0.15, -0.1) is 0 Å². The maximum absolute atomic E-state index is 13.2. The first-order valence-electron chi connectivity index (χ1n) is 11.4. The van der Waals surface area contributed by atoms with Crippen molar-refractivity contribution in [1.29, 1.82) is 0 Å². The molecule has 0 saturated heterocycles. The van der Waals surface area contributed by atoms with Crippen LogP contribution in [0.5, 0.6) is 5.75 Å². The van der Waals surface area contributed by atoms with Crippen LogP contribution in [0.15, 0.2) is 71.9 Å². The van der Waals surface area contributed by atoms with Gasteiger partial charge in [-0.2, -0.15) is 0 Å². The number of ether oxygens (including phenoxy) is 1. The Morgan fingerprint density at radius 3 is 2.71 bits per heavy atom. The smallest absolute Gasteiger partial charge is 0.244 e.